The number of aromatic amines is 1. The van der Waals surface area contributed by atoms with Gasteiger partial charge in [-0.15, -0.1) is 0 Å². The fourth-order valence-electron chi connectivity index (χ4n) is 2.73. The number of nitrogens with one attached hydrogen (secondary N) is 1. The van der Waals surface area contributed by atoms with Crippen LogP contribution in [0.5, 0.6) is 0 Å². The number of benzene rings is 1. The van der Waals surface area contributed by atoms with Gasteiger partial charge < -0.3 is 4.98 Å². The van der Waals surface area contributed by atoms with E-state index in [2.05, 4.69) is 42.9 Å². The maximum absolute atomic E-state index is 11.7. The fourth-order valence-corrected chi connectivity index (χ4v) is 3.36. The van der Waals surface area contributed by atoms with Gasteiger partial charge in [-0.3, -0.25) is 0 Å². The van der Waals surface area contributed by atoms with Crippen LogP contribution in [0.15, 0.2) is 59.6 Å². The quantitative estimate of drug-likeness (QED) is 0.756. The molecule has 2 aromatic heterocycles. The molecule has 1 aromatic carbocycles. The highest BCUT2D eigenvalue weighted by Crippen LogP contribution is 2.31. The standard InChI is InChI=1S/C20H22N2O2S/c1-20(2,3)13-17(14-7-9-16(10-8-14)25(4,23)24)18-12-15-6-5-11-21-19(15)22-18/h5-13H,1-4H3,(H,21,22)/b17-13+. The van der Waals surface area contributed by atoms with Gasteiger partial charge in [-0.1, -0.05) is 39.0 Å². The molecule has 3 aromatic rings. The Morgan fingerprint density at radius 2 is 1.80 bits per heavy atom. The Morgan fingerprint density at radius 3 is 2.36 bits per heavy atom. The summed E-state index contributed by atoms with van der Waals surface area (Å²) in [5.41, 5.74) is 3.77. The second-order valence-electron chi connectivity index (χ2n) is 7.34. The second-order valence-corrected chi connectivity index (χ2v) is 9.36. The van der Waals surface area contributed by atoms with Gasteiger partial charge in [-0.2, -0.15) is 0 Å². The molecule has 2 heterocycles. The third-order valence-corrected chi connectivity index (χ3v) is 4.98. The third-order valence-electron chi connectivity index (χ3n) is 3.85. The van der Waals surface area contributed by atoms with Crippen molar-refractivity contribution in [3.8, 4) is 0 Å². The van der Waals surface area contributed by atoms with Gasteiger partial charge in [0, 0.05) is 29.1 Å². The molecule has 0 saturated heterocycles. The zero-order valence-corrected chi connectivity index (χ0v) is 15.7. The molecule has 5 heteroatoms. The molecular weight excluding hydrogens is 332 g/mol. The van der Waals surface area contributed by atoms with E-state index in [9.17, 15) is 8.42 Å². The highest BCUT2D eigenvalue weighted by Gasteiger charge is 2.15. The van der Waals surface area contributed by atoms with Crippen molar-refractivity contribution in [2.24, 2.45) is 5.41 Å². The molecule has 0 radical (unpaired) electrons. The predicted molar refractivity (Wildman–Crippen MR) is 102 cm³/mol. The monoisotopic (exact) mass is 354 g/mol. The number of nitrogens with zero attached hydrogens (tertiary/aromatic N) is 1. The number of allylic oxidation sites excluding steroid dienone is 1. The first kappa shape index (κ1) is 17.4. The van der Waals surface area contributed by atoms with Crippen LogP contribution >= 0.6 is 0 Å². The van der Waals surface area contributed by atoms with Crippen LogP contribution in [0.2, 0.25) is 0 Å². The molecule has 130 valence electrons. The molecule has 0 fully saturated rings. The highest BCUT2D eigenvalue weighted by atomic mass is 32.2. The molecule has 25 heavy (non-hydrogen) atoms. The predicted octanol–water partition coefficient (Wildman–Crippen LogP) is 4.44. The van der Waals surface area contributed by atoms with Crippen LogP contribution in [0, 0.1) is 5.41 Å². The average Bonchev–Trinajstić information content (AvgIpc) is 2.95. The molecule has 0 aliphatic heterocycles. The van der Waals surface area contributed by atoms with Crippen LogP contribution < -0.4 is 0 Å². The Morgan fingerprint density at radius 1 is 1.12 bits per heavy atom. The lowest BCUT2D eigenvalue weighted by atomic mass is 9.89. The van der Waals surface area contributed by atoms with Gasteiger partial charge in [0.25, 0.3) is 0 Å². The van der Waals surface area contributed by atoms with E-state index in [-0.39, 0.29) is 5.41 Å². The molecule has 0 unspecified atom stereocenters. The molecule has 0 spiro atoms. The first-order valence-electron chi connectivity index (χ1n) is 8.11. The van der Waals surface area contributed by atoms with Crippen molar-refractivity contribution < 1.29 is 8.42 Å². The minimum Gasteiger partial charge on any atom is -0.339 e. The number of rotatable bonds is 3. The number of fused-ring (bicyclic) bond motifs is 1. The van der Waals surface area contributed by atoms with Crippen LogP contribution in [0.3, 0.4) is 0 Å². The van der Waals surface area contributed by atoms with Gasteiger partial charge in [-0.25, -0.2) is 13.4 Å². The minimum absolute atomic E-state index is 0.0322. The fraction of sp³-hybridized carbons (Fsp3) is 0.250. The highest BCUT2D eigenvalue weighted by molar-refractivity contribution is 7.90. The number of hydrogen-bond donors (Lipinski definition) is 1. The van der Waals surface area contributed by atoms with Gasteiger partial charge in [-0.05, 0) is 41.3 Å². The Kier molecular flexibility index (Phi) is 4.29. The molecule has 0 aliphatic carbocycles. The summed E-state index contributed by atoms with van der Waals surface area (Å²) in [6.45, 7) is 6.41. The first-order chi connectivity index (χ1) is 11.6. The Balaban J connectivity index is 2.14. The zero-order chi connectivity index (χ0) is 18.2. The van der Waals surface area contributed by atoms with Gasteiger partial charge in [0.2, 0.25) is 0 Å². The lowest BCUT2D eigenvalue weighted by Gasteiger charge is -2.16. The van der Waals surface area contributed by atoms with E-state index >= 15 is 0 Å². The average molecular weight is 354 g/mol. The lowest BCUT2D eigenvalue weighted by Crippen LogP contribution is -2.03. The first-order valence-corrected chi connectivity index (χ1v) is 10.0. The topological polar surface area (TPSA) is 62.8 Å². The van der Waals surface area contributed by atoms with Crippen LogP contribution in [0.25, 0.3) is 16.6 Å². The Labute approximate surface area is 148 Å². The molecule has 4 nitrogen and oxygen atoms in total. The van der Waals surface area contributed by atoms with Gasteiger partial charge in [0.05, 0.1) is 4.90 Å². The van der Waals surface area contributed by atoms with Crippen molar-refractivity contribution in [3.63, 3.8) is 0 Å². The van der Waals surface area contributed by atoms with Crippen molar-refractivity contribution in [2.45, 2.75) is 25.7 Å². The summed E-state index contributed by atoms with van der Waals surface area (Å²) >= 11 is 0. The van der Waals surface area contributed by atoms with Crippen molar-refractivity contribution in [2.75, 3.05) is 6.26 Å². The number of sulfone groups is 1. The van der Waals surface area contributed by atoms with Crippen LogP contribution in [-0.4, -0.2) is 24.6 Å². The van der Waals surface area contributed by atoms with Crippen molar-refractivity contribution in [1.29, 1.82) is 0 Å². The third kappa shape index (κ3) is 3.99. The normalized spacial score (nSPS) is 13.4. The maximum Gasteiger partial charge on any atom is 0.175 e. The number of pyridine rings is 1. The van der Waals surface area contributed by atoms with E-state index in [1.165, 1.54) is 6.26 Å². The molecule has 1 N–H and O–H groups in total. The molecular formula is C20H22N2O2S. The van der Waals surface area contributed by atoms with Crippen molar-refractivity contribution in [3.05, 3.63) is 66.0 Å². The minimum atomic E-state index is -3.20. The van der Waals surface area contributed by atoms with Crippen LogP contribution in [-0.2, 0) is 9.84 Å². The van der Waals surface area contributed by atoms with Gasteiger partial charge >= 0.3 is 0 Å². The maximum atomic E-state index is 11.7. The van der Waals surface area contributed by atoms with E-state index < -0.39 is 9.84 Å². The summed E-state index contributed by atoms with van der Waals surface area (Å²) in [6.07, 6.45) is 5.17. The zero-order valence-electron chi connectivity index (χ0n) is 14.9. The SMILES string of the molecule is CC(C)(C)/C=C(\c1ccc(S(C)(=O)=O)cc1)c1cc2cccnc2[nH]1. The van der Waals surface area contributed by atoms with E-state index in [4.69, 9.17) is 0 Å². The molecule has 3 rings (SSSR count). The summed E-state index contributed by atoms with van der Waals surface area (Å²) < 4.78 is 23.4. The largest absolute Gasteiger partial charge is 0.339 e. The van der Waals surface area contributed by atoms with Crippen molar-refractivity contribution in [1.82, 2.24) is 9.97 Å². The van der Waals surface area contributed by atoms with Crippen LogP contribution in [0.1, 0.15) is 32.0 Å². The Hall–Kier alpha value is -2.40. The lowest BCUT2D eigenvalue weighted by molar-refractivity contribution is 0.545. The molecule has 0 bridgehead atoms. The summed E-state index contributed by atoms with van der Waals surface area (Å²) in [5.74, 6) is 0. The van der Waals surface area contributed by atoms with Crippen LogP contribution in [0.4, 0.5) is 0 Å². The number of hydrogen-bond acceptors (Lipinski definition) is 3. The molecule has 0 saturated carbocycles. The summed E-state index contributed by atoms with van der Waals surface area (Å²) in [7, 11) is -3.20. The van der Waals surface area contributed by atoms with E-state index in [1.54, 1.807) is 18.3 Å². The Bertz CT molecular complexity index is 1000. The molecule has 0 atom stereocenters. The number of H-pyrrole nitrogens is 1. The van der Waals surface area contributed by atoms with Gasteiger partial charge in [0.1, 0.15) is 5.65 Å². The van der Waals surface area contributed by atoms with E-state index in [1.807, 2.05) is 24.3 Å². The molecule has 0 aliphatic rings. The summed E-state index contributed by atoms with van der Waals surface area (Å²) in [5, 5.41) is 1.05. The molecule has 0 amide bonds. The second kappa shape index (κ2) is 6.15. The van der Waals surface area contributed by atoms with E-state index in [0.29, 0.717) is 4.90 Å². The summed E-state index contributed by atoms with van der Waals surface area (Å²) in [4.78, 5) is 8.05. The van der Waals surface area contributed by atoms with E-state index in [0.717, 1.165) is 27.9 Å². The smallest absolute Gasteiger partial charge is 0.175 e. The number of aromatic nitrogens is 2. The summed E-state index contributed by atoms with van der Waals surface area (Å²) in [6, 6.07) is 13.0. The van der Waals surface area contributed by atoms with Gasteiger partial charge in [0.15, 0.2) is 9.84 Å². The van der Waals surface area contributed by atoms with Crippen molar-refractivity contribution >= 4 is 26.4 Å².